The predicted octanol–water partition coefficient (Wildman–Crippen LogP) is 3.89. The Labute approximate surface area is 182 Å². The molecule has 2 aromatic carbocycles. The molecule has 1 unspecified atom stereocenters. The van der Waals surface area contributed by atoms with E-state index in [1.54, 1.807) is 42.5 Å². The number of fused-ring (bicyclic) bond motifs is 1. The van der Waals surface area contributed by atoms with Crippen LogP contribution < -0.4 is 0 Å². The molecular formula is C21H18Cl2N2O5. The molecule has 3 amide bonds. The van der Waals surface area contributed by atoms with E-state index < -0.39 is 23.5 Å². The number of nitrogens with zero attached hydrogens (tertiary/aromatic N) is 2. The maximum Gasteiger partial charge on any atom is 0.407 e. The van der Waals surface area contributed by atoms with Crippen molar-refractivity contribution in [3.63, 3.8) is 0 Å². The molecule has 1 saturated heterocycles. The minimum atomic E-state index is -1.12. The van der Waals surface area contributed by atoms with Crippen LogP contribution in [0.1, 0.15) is 32.7 Å². The van der Waals surface area contributed by atoms with Crippen molar-refractivity contribution < 1.29 is 24.2 Å². The van der Waals surface area contributed by atoms with Crippen molar-refractivity contribution in [3.05, 3.63) is 69.2 Å². The Morgan fingerprint density at radius 3 is 2.30 bits per heavy atom. The first-order valence-electron chi connectivity index (χ1n) is 9.35. The van der Waals surface area contributed by atoms with Gasteiger partial charge in [0.1, 0.15) is 5.60 Å². The van der Waals surface area contributed by atoms with E-state index in [0.717, 1.165) is 4.90 Å². The third kappa shape index (κ3) is 3.53. The molecule has 4 rings (SSSR count). The quantitative estimate of drug-likeness (QED) is 0.719. The first-order chi connectivity index (χ1) is 14.3. The lowest BCUT2D eigenvalue weighted by Gasteiger charge is -2.36. The topological polar surface area (TPSA) is 87.2 Å². The summed E-state index contributed by atoms with van der Waals surface area (Å²) in [5.74, 6) is -0.809. The van der Waals surface area contributed by atoms with Gasteiger partial charge in [-0.3, -0.25) is 14.5 Å². The van der Waals surface area contributed by atoms with E-state index in [1.165, 1.54) is 4.90 Å². The smallest absolute Gasteiger partial charge is 0.407 e. The number of rotatable bonds is 3. The van der Waals surface area contributed by atoms with Crippen molar-refractivity contribution in [2.75, 3.05) is 26.2 Å². The third-order valence-corrected chi connectivity index (χ3v) is 6.27. The number of ether oxygens (including phenoxy) is 1. The first kappa shape index (κ1) is 20.7. The average Bonchev–Trinajstić information content (AvgIpc) is 2.89. The van der Waals surface area contributed by atoms with Crippen molar-refractivity contribution in [2.24, 2.45) is 0 Å². The lowest BCUT2D eigenvalue weighted by atomic mass is 9.89. The van der Waals surface area contributed by atoms with Crippen LogP contribution in [0, 0.1) is 0 Å². The largest absolute Gasteiger partial charge is 0.465 e. The van der Waals surface area contributed by atoms with Crippen LogP contribution in [0.25, 0.3) is 0 Å². The van der Waals surface area contributed by atoms with Gasteiger partial charge in [0.15, 0.2) is 0 Å². The molecule has 156 valence electrons. The molecule has 0 bridgehead atoms. The van der Waals surface area contributed by atoms with E-state index in [2.05, 4.69) is 0 Å². The molecule has 9 heteroatoms. The summed E-state index contributed by atoms with van der Waals surface area (Å²) in [5, 5.41) is 10.0. The Bertz CT molecular complexity index is 1010. The van der Waals surface area contributed by atoms with Crippen molar-refractivity contribution in [1.29, 1.82) is 0 Å². The predicted molar refractivity (Wildman–Crippen MR) is 110 cm³/mol. The highest BCUT2D eigenvalue weighted by molar-refractivity contribution is 6.42. The van der Waals surface area contributed by atoms with Gasteiger partial charge < -0.3 is 14.7 Å². The number of imide groups is 1. The van der Waals surface area contributed by atoms with Crippen LogP contribution in [-0.2, 0) is 10.3 Å². The summed E-state index contributed by atoms with van der Waals surface area (Å²) in [6.45, 7) is 0.403. The van der Waals surface area contributed by atoms with Gasteiger partial charge >= 0.3 is 6.09 Å². The molecule has 1 fully saturated rings. The molecule has 1 N–H and O–H groups in total. The number of halogens is 2. The zero-order chi connectivity index (χ0) is 21.5. The second-order valence-electron chi connectivity index (χ2n) is 7.23. The molecule has 0 spiro atoms. The van der Waals surface area contributed by atoms with Gasteiger partial charge in [0, 0.05) is 19.5 Å². The molecule has 2 heterocycles. The minimum Gasteiger partial charge on any atom is -0.465 e. The highest BCUT2D eigenvalue weighted by atomic mass is 35.5. The fourth-order valence-corrected chi connectivity index (χ4v) is 4.20. The maximum atomic E-state index is 12.9. The lowest BCUT2D eigenvalue weighted by Crippen LogP contribution is -2.46. The summed E-state index contributed by atoms with van der Waals surface area (Å²) in [6.07, 6.45) is -0.811. The van der Waals surface area contributed by atoms with E-state index in [4.69, 9.17) is 27.9 Å². The Morgan fingerprint density at radius 1 is 1.03 bits per heavy atom. The van der Waals surface area contributed by atoms with E-state index >= 15 is 0 Å². The molecule has 0 aromatic heterocycles. The van der Waals surface area contributed by atoms with Crippen LogP contribution in [0.3, 0.4) is 0 Å². The number of carboxylic acid groups (broad SMARTS) is 1. The van der Waals surface area contributed by atoms with Gasteiger partial charge in [0.25, 0.3) is 11.8 Å². The van der Waals surface area contributed by atoms with Crippen LogP contribution >= 0.6 is 23.2 Å². The molecule has 2 aliphatic heterocycles. The summed E-state index contributed by atoms with van der Waals surface area (Å²) in [4.78, 5) is 39.7. The Balaban J connectivity index is 1.73. The number of carbonyl (C=O) groups is 3. The summed E-state index contributed by atoms with van der Waals surface area (Å²) in [6, 6.07) is 11.6. The number of hydrogen-bond donors (Lipinski definition) is 1. The molecule has 2 aromatic rings. The third-order valence-electron chi connectivity index (χ3n) is 5.53. The normalized spacial score (nSPS) is 21.5. The van der Waals surface area contributed by atoms with Gasteiger partial charge in [-0.2, -0.15) is 0 Å². The number of carbonyl (C=O) groups excluding carboxylic acids is 2. The Kier molecular flexibility index (Phi) is 5.44. The molecule has 2 aliphatic rings. The van der Waals surface area contributed by atoms with Crippen LogP contribution in [0.4, 0.5) is 4.79 Å². The monoisotopic (exact) mass is 448 g/mol. The zero-order valence-corrected chi connectivity index (χ0v) is 17.3. The number of benzene rings is 2. The molecular weight excluding hydrogens is 431 g/mol. The molecule has 7 nitrogen and oxygen atoms in total. The first-order valence-corrected chi connectivity index (χ1v) is 10.1. The number of amides is 3. The van der Waals surface area contributed by atoms with Gasteiger partial charge in [0.2, 0.25) is 0 Å². The van der Waals surface area contributed by atoms with Gasteiger partial charge in [-0.15, -0.1) is 0 Å². The van der Waals surface area contributed by atoms with Gasteiger partial charge in [-0.1, -0.05) is 41.4 Å². The molecule has 30 heavy (non-hydrogen) atoms. The van der Waals surface area contributed by atoms with E-state index in [9.17, 15) is 19.5 Å². The second kappa shape index (κ2) is 7.91. The van der Waals surface area contributed by atoms with Crippen molar-refractivity contribution in [1.82, 2.24) is 9.80 Å². The summed E-state index contributed by atoms with van der Waals surface area (Å²) >= 11 is 12.3. The summed E-state index contributed by atoms with van der Waals surface area (Å²) in [5.41, 5.74) is 0.187. The van der Waals surface area contributed by atoms with Crippen LogP contribution in [0.5, 0.6) is 0 Å². The molecule has 0 aliphatic carbocycles. The van der Waals surface area contributed by atoms with E-state index in [-0.39, 0.29) is 32.7 Å². The SMILES string of the molecule is O=C(O)N1CCOC(CN2C(=O)c3ccccc3C2=O)(c2ccc(Cl)c(Cl)c2)CC1. The lowest BCUT2D eigenvalue weighted by molar-refractivity contribution is -0.0564. The second-order valence-corrected chi connectivity index (χ2v) is 8.05. The maximum absolute atomic E-state index is 12.9. The van der Waals surface area contributed by atoms with Crippen molar-refractivity contribution >= 4 is 41.1 Å². The summed E-state index contributed by atoms with van der Waals surface area (Å²) in [7, 11) is 0. The van der Waals surface area contributed by atoms with Crippen LogP contribution in [0.2, 0.25) is 10.0 Å². The van der Waals surface area contributed by atoms with Crippen LogP contribution in [-0.4, -0.2) is 59.1 Å². The van der Waals surface area contributed by atoms with Crippen molar-refractivity contribution in [2.45, 2.75) is 12.0 Å². The van der Waals surface area contributed by atoms with Gasteiger partial charge in [-0.05, 0) is 29.8 Å². The number of hydrogen-bond acceptors (Lipinski definition) is 4. The highest BCUT2D eigenvalue weighted by Gasteiger charge is 2.44. The highest BCUT2D eigenvalue weighted by Crippen LogP contribution is 2.38. The van der Waals surface area contributed by atoms with Gasteiger partial charge in [0.05, 0.1) is 34.3 Å². The van der Waals surface area contributed by atoms with E-state index in [0.29, 0.717) is 26.7 Å². The zero-order valence-electron chi connectivity index (χ0n) is 15.8. The van der Waals surface area contributed by atoms with E-state index in [1.807, 2.05) is 0 Å². The Hall–Kier alpha value is -2.61. The van der Waals surface area contributed by atoms with Crippen molar-refractivity contribution in [3.8, 4) is 0 Å². The summed E-state index contributed by atoms with van der Waals surface area (Å²) < 4.78 is 6.16. The Morgan fingerprint density at radius 2 is 1.70 bits per heavy atom. The molecule has 1 atom stereocenters. The molecule has 0 radical (unpaired) electrons. The fourth-order valence-electron chi connectivity index (χ4n) is 3.90. The van der Waals surface area contributed by atoms with Gasteiger partial charge in [-0.25, -0.2) is 4.79 Å². The fraction of sp³-hybridized carbons (Fsp3) is 0.286. The average molecular weight is 449 g/mol. The standard InChI is InChI=1S/C21H18Cl2N2O5/c22-16-6-5-13(11-17(16)23)21(7-8-24(20(28)29)9-10-30-21)12-25-18(26)14-3-1-2-4-15(14)19(25)27/h1-6,11H,7-10,12H2,(H,28,29). The molecule has 0 saturated carbocycles. The minimum absolute atomic E-state index is 0.0647. The van der Waals surface area contributed by atoms with Crippen LogP contribution in [0.15, 0.2) is 42.5 Å².